The molecule has 2 N–H and O–H groups in total. The van der Waals surface area contributed by atoms with Gasteiger partial charge in [0.05, 0.1) is 0 Å². The molecular formula is C5H14IN. The standard InChI is InChI=1S/C5H13N.HI/c1-3-4-5(2)6;/h5H,3-4,6H2,1-2H3;1H. The van der Waals surface area contributed by atoms with Crippen molar-refractivity contribution >= 4 is 24.0 Å². The topological polar surface area (TPSA) is 26.0 Å². The summed E-state index contributed by atoms with van der Waals surface area (Å²) in [6, 6.07) is 0.398. The summed E-state index contributed by atoms with van der Waals surface area (Å²) >= 11 is 0. The Bertz CT molecular complexity index is 29.3. The van der Waals surface area contributed by atoms with Gasteiger partial charge in [0.1, 0.15) is 0 Å². The average molecular weight is 215 g/mol. The summed E-state index contributed by atoms with van der Waals surface area (Å²) in [5.74, 6) is 0. The summed E-state index contributed by atoms with van der Waals surface area (Å²) < 4.78 is 0. The Labute approximate surface area is 62.7 Å². The van der Waals surface area contributed by atoms with E-state index in [2.05, 4.69) is 6.92 Å². The van der Waals surface area contributed by atoms with Crippen LogP contribution in [0, 0.1) is 0 Å². The van der Waals surface area contributed by atoms with Crippen LogP contribution in [0.5, 0.6) is 0 Å². The lowest BCUT2D eigenvalue weighted by atomic mass is 10.2. The molecule has 0 amide bonds. The van der Waals surface area contributed by atoms with Crippen molar-refractivity contribution in [1.29, 1.82) is 0 Å². The third-order valence-electron chi connectivity index (χ3n) is 0.744. The summed E-state index contributed by atoms with van der Waals surface area (Å²) in [6.45, 7) is 4.17. The highest BCUT2D eigenvalue weighted by Crippen LogP contribution is 1.88. The Morgan fingerprint density at radius 2 is 2.00 bits per heavy atom. The maximum absolute atomic E-state index is 5.40. The molecule has 0 spiro atoms. The van der Waals surface area contributed by atoms with Gasteiger partial charge in [-0.15, -0.1) is 24.0 Å². The SMILES string of the molecule is CCCC(C)N.I. The van der Waals surface area contributed by atoms with E-state index >= 15 is 0 Å². The molecule has 0 aromatic heterocycles. The Kier molecular flexibility index (Phi) is 10.2. The molecule has 7 heavy (non-hydrogen) atoms. The van der Waals surface area contributed by atoms with E-state index in [1.54, 1.807) is 0 Å². The molecule has 1 unspecified atom stereocenters. The number of nitrogens with two attached hydrogens (primary N) is 1. The lowest BCUT2D eigenvalue weighted by Crippen LogP contribution is -2.13. The summed E-state index contributed by atoms with van der Waals surface area (Å²) in [5, 5.41) is 0. The molecule has 0 aliphatic rings. The first kappa shape index (κ1) is 10.6. The molecule has 0 fully saturated rings. The van der Waals surface area contributed by atoms with Crippen LogP contribution in [0.3, 0.4) is 0 Å². The zero-order chi connectivity index (χ0) is 4.99. The van der Waals surface area contributed by atoms with Crippen LogP contribution in [0.25, 0.3) is 0 Å². The lowest BCUT2D eigenvalue weighted by Gasteiger charge is -1.96. The fourth-order valence-electron chi connectivity index (χ4n) is 0.455. The monoisotopic (exact) mass is 215 g/mol. The Hall–Kier alpha value is 0.690. The van der Waals surface area contributed by atoms with Crippen molar-refractivity contribution in [2.24, 2.45) is 5.73 Å². The number of halogens is 1. The fourth-order valence-corrected chi connectivity index (χ4v) is 0.455. The van der Waals surface area contributed by atoms with Crippen molar-refractivity contribution < 1.29 is 0 Å². The second-order valence-corrected chi connectivity index (χ2v) is 1.77. The minimum Gasteiger partial charge on any atom is -0.328 e. The van der Waals surface area contributed by atoms with Gasteiger partial charge in [0.15, 0.2) is 0 Å². The van der Waals surface area contributed by atoms with Gasteiger partial charge in [-0.05, 0) is 13.3 Å². The van der Waals surface area contributed by atoms with Crippen LogP contribution in [0.4, 0.5) is 0 Å². The molecule has 0 saturated carbocycles. The molecule has 0 heterocycles. The molecule has 0 aromatic carbocycles. The fraction of sp³-hybridized carbons (Fsp3) is 1.00. The first-order chi connectivity index (χ1) is 2.77. The van der Waals surface area contributed by atoms with Gasteiger partial charge in [-0.25, -0.2) is 0 Å². The molecule has 0 aliphatic carbocycles. The molecule has 1 atom stereocenters. The zero-order valence-electron chi connectivity index (χ0n) is 4.98. The third-order valence-corrected chi connectivity index (χ3v) is 0.744. The van der Waals surface area contributed by atoms with Crippen molar-refractivity contribution in [1.82, 2.24) is 0 Å². The van der Waals surface area contributed by atoms with Crippen molar-refractivity contribution in [2.75, 3.05) is 0 Å². The predicted molar refractivity (Wildman–Crippen MR) is 44.0 cm³/mol. The van der Waals surface area contributed by atoms with Gasteiger partial charge in [0, 0.05) is 6.04 Å². The average Bonchev–Trinajstić information content (AvgIpc) is 1.35. The quantitative estimate of drug-likeness (QED) is 0.697. The highest BCUT2D eigenvalue weighted by Gasteiger charge is 1.85. The highest BCUT2D eigenvalue weighted by atomic mass is 127. The number of hydrogen-bond donors (Lipinski definition) is 1. The molecule has 0 radical (unpaired) electrons. The van der Waals surface area contributed by atoms with Crippen LogP contribution in [0.15, 0.2) is 0 Å². The largest absolute Gasteiger partial charge is 0.328 e. The minimum atomic E-state index is 0. The maximum Gasteiger partial charge on any atom is 0.00103 e. The first-order valence-electron chi connectivity index (χ1n) is 2.53. The van der Waals surface area contributed by atoms with Crippen LogP contribution >= 0.6 is 24.0 Å². The summed E-state index contributed by atoms with van der Waals surface area (Å²) in [7, 11) is 0. The second kappa shape index (κ2) is 6.69. The molecule has 0 rings (SSSR count). The number of hydrogen-bond acceptors (Lipinski definition) is 1. The van der Waals surface area contributed by atoms with Crippen molar-refractivity contribution in [2.45, 2.75) is 32.7 Å². The van der Waals surface area contributed by atoms with Crippen molar-refractivity contribution in [3.05, 3.63) is 0 Å². The van der Waals surface area contributed by atoms with Crippen molar-refractivity contribution in [3.8, 4) is 0 Å². The molecule has 0 saturated heterocycles. The summed E-state index contributed by atoms with van der Waals surface area (Å²) in [6.07, 6.45) is 2.36. The van der Waals surface area contributed by atoms with Crippen LogP contribution < -0.4 is 5.73 Å². The molecule has 46 valence electrons. The van der Waals surface area contributed by atoms with Gasteiger partial charge in [-0.3, -0.25) is 0 Å². The lowest BCUT2D eigenvalue weighted by molar-refractivity contribution is 0.653. The third kappa shape index (κ3) is 10.8. The molecule has 2 heteroatoms. The molecule has 0 aliphatic heterocycles. The smallest absolute Gasteiger partial charge is 0.00103 e. The predicted octanol–water partition coefficient (Wildman–Crippen LogP) is 1.75. The van der Waals surface area contributed by atoms with E-state index < -0.39 is 0 Å². The second-order valence-electron chi connectivity index (χ2n) is 1.77. The normalized spacial score (nSPS) is 12.4. The Morgan fingerprint density at radius 1 is 1.57 bits per heavy atom. The Balaban J connectivity index is 0. The van der Waals surface area contributed by atoms with Gasteiger partial charge < -0.3 is 5.73 Å². The van der Waals surface area contributed by atoms with E-state index in [0.29, 0.717) is 6.04 Å². The van der Waals surface area contributed by atoms with Crippen LogP contribution in [-0.2, 0) is 0 Å². The van der Waals surface area contributed by atoms with Crippen LogP contribution in [0.2, 0.25) is 0 Å². The molecule has 0 aromatic rings. The van der Waals surface area contributed by atoms with E-state index in [0.717, 1.165) is 6.42 Å². The van der Waals surface area contributed by atoms with Crippen LogP contribution in [0.1, 0.15) is 26.7 Å². The molecular weight excluding hydrogens is 201 g/mol. The van der Waals surface area contributed by atoms with E-state index in [1.165, 1.54) is 6.42 Å². The van der Waals surface area contributed by atoms with Gasteiger partial charge in [0.2, 0.25) is 0 Å². The van der Waals surface area contributed by atoms with E-state index in [9.17, 15) is 0 Å². The maximum atomic E-state index is 5.40. The van der Waals surface area contributed by atoms with E-state index in [-0.39, 0.29) is 24.0 Å². The summed E-state index contributed by atoms with van der Waals surface area (Å²) in [5.41, 5.74) is 5.40. The number of rotatable bonds is 2. The van der Waals surface area contributed by atoms with Gasteiger partial charge in [-0.1, -0.05) is 13.3 Å². The minimum absolute atomic E-state index is 0. The van der Waals surface area contributed by atoms with Crippen LogP contribution in [-0.4, -0.2) is 6.04 Å². The first-order valence-corrected chi connectivity index (χ1v) is 2.53. The van der Waals surface area contributed by atoms with Gasteiger partial charge in [0.25, 0.3) is 0 Å². The molecule has 0 bridgehead atoms. The van der Waals surface area contributed by atoms with Gasteiger partial charge in [-0.2, -0.15) is 0 Å². The Morgan fingerprint density at radius 3 is 2.00 bits per heavy atom. The van der Waals surface area contributed by atoms with Gasteiger partial charge >= 0.3 is 0 Å². The van der Waals surface area contributed by atoms with E-state index in [1.807, 2.05) is 6.92 Å². The highest BCUT2D eigenvalue weighted by molar-refractivity contribution is 14.0. The van der Waals surface area contributed by atoms with E-state index in [4.69, 9.17) is 5.73 Å². The van der Waals surface area contributed by atoms with Crippen molar-refractivity contribution in [3.63, 3.8) is 0 Å². The molecule has 1 nitrogen and oxygen atoms in total. The summed E-state index contributed by atoms with van der Waals surface area (Å²) in [4.78, 5) is 0. The zero-order valence-corrected chi connectivity index (χ0v) is 7.31.